The van der Waals surface area contributed by atoms with Gasteiger partial charge in [-0.3, -0.25) is 0 Å². The van der Waals surface area contributed by atoms with Gasteiger partial charge in [0.05, 0.1) is 11.3 Å². The minimum Gasteiger partial charge on any atom is -0.364 e. The van der Waals surface area contributed by atoms with Crippen molar-refractivity contribution in [3.8, 4) is 6.07 Å². The zero-order valence-electron chi connectivity index (χ0n) is 10.5. The lowest BCUT2D eigenvalue weighted by molar-refractivity contribution is 0.310. The minimum absolute atomic E-state index is 0.0921. The van der Waals surface area contributed by atoms with Crippen LogP contribution in [0.25, 0.3) is 0 Å². The van der Waals surface area contributed by atoms with Crippen LogP contribution in [0.3, 0.4) is 0 Å². The van der Waals surface area contributed by atoms with Gasteiger partial charge in [-0.05, 0) is 38.8 Å². The van der Waals surface area contributed by atoms with Crippen molar-refractivity contribution < 1.29 is 0 Å². The molecule has 0 spiro atoms. The van der Waals surface area contributed by atoms with Crippen molar-refractivity contribution in [1.29, 1.82) is 5.26 Å². The summed E-state index contributed by atoms with van der Waals surface area (Å²) in [5.74, 6) is 0. The van der Waals surface area contributed by atoms with Crippen LogP contribution in [0.2, 0.25) is 0 Å². The quantitative estimate of drug-likeness (QED) is 0.803. The maximum absolute atomic E-state index is 9.18. The van der Waals surface area contributed by atoms with Crippen molar-refractivity contribution in [3.63, 3.8) is 0 Å². The fourth-order valence-electron chi connectivity index (χ4n) is 2.55. The maximum atomic E-state index is 9.18. The highest BCUT2D eigenvalue weighted by Gasteiger charge is 2.37. The highest BCUT2D eigenvalue weighted by Crippen LogP contribution is 2.33. The lowest BCUT2D eigenvalue weighted by atomic mass is 9.84. The van der Waals surface area contributed by atoms with Crippen LogP contribution in [0, 0.1) is 11.3 Å². The van der Waals surface area contributed by atoms with Gasteiger partial charge in [-0.15, -0.1) is 0 Å². The average Bonchev–Trinajstić information content (AvgIpc) is 2.33. The summed E-state index contributed by atoms with van der Waals surface area (Å²) < 4.78 is 0. The average molecular weight is 229 g/mol. The molecule has 0 aromatic heterocycles. The van der Waals surface area contributed by atoms with E-state index in [1.54, 1.807) is 0 Å². The lowest BCUT2D eigenvalue weighted by Gasteiger charge is -2.48. The van der Waals surface area contributed by atoms with Crippen LogP contribution in [0.4, 0.5) is 5.69 Å². The molecule has 0 radical (unpaired) electrons. The maximum Gasteiger partial charge on any atom is 0.101 e. The Morgan fingerprint density at radius 3 is 2.82 bits per heavy atom. The van der Waals surface area contributed by atoms with Gasteiger partial charge in [0.25, 0.3) is 0 Å². The van der Waals surface area contributed by atoms with E-state index in [1.165, 1.54) is 0 Å². The van der Waals surface area contributed by atoms with Crippen molar-refractivity contribution in [2.24, 2.45) is 5.73 Å². The number of hydrogen-bond donors (Lipinski definition) is 1. The molecule has 17 heavy (non-hydrogen) atoms. The third-order valence-electron chi connectivity index (χ3n) is 3.82. The van der Waals surface area contributed by atoms with Gasteiger partial charge in [-0.2, -0.15) is 5.26 Å². The van der Waals surface area contributed by atoms with E-state index in [4.69, 9.17) is 5.73 Å². The molecule has 0 aliphatic carbocycles. The molecule has 3 nitrogen and oxygen atoms in total. The van der Waals surface area contributed by atoms with E-state index in [0.29, 0.717) is 0 Å². The number of anilines is 1. The van der Waals surface area contributed by atoms with Gasteiger partial charge in [0.1, 0.15) is 6.07 Å². The molecule has 1 aliphatic heterocycles. The van der Waals surface area contributed by atoms with Crippen molar-refractivity contribution in [1.82, 2.24) is 0 Å². The number of benzene rings is 1. The molecule has 2 N–H and O–H groups in total. The van der Waals surface area contributed by atoms with Crippen LogP contribution < -0.4 is 10.6 Å². The molecule has 1 aromatic rings. The highest BCUT2D eigenvalue weighted by molar-refractivity contribution is 5.61. The molecule has 1 unspecified atom stereocenters. The number of para-hydroxylation sites is 1. The predicted octanol–water partition coefficient (Wildman–Crippen LogP) is 2.26. The second kappa shape index (κ2) is 4.38. The second-order valence-electron chi connectivity index (χ2n) is 5.18. The SMILES string of the molecule is CC1(C)C(N)CCCN1c1ccccc1C#N. The Morgan fingerprint density at radius 2 is 2.12 bits per heavy atom. The van der Waals surface area contributed by atoms with Gasteiger partial charge >= 0.3 is 0 Å². The summed E-state index contributed by atoms with van der Waals surface area (Å²) in [5.41, 5.74) is 7.86. The molecule has 1 aliphatic rings. The molecule has 1 atom stereocenters. The van der Waals surface area contributed by atoms with Crippen LogP contribution >= 0.6 is 0 Å². The molecule has 1 saturated heterocycles. The molecule has 90 valence electrons. The summed E-state index contributed by atoms with van der Waals surface area (Å²) in [6.45, 7) is 5.29. The van der Waals surface area contributed by atoms with E-state index >= 15 is 0 Å². The summed E-state index contributed by atoms with van der Waals surface area (Å²) in [5, 5.41) is 9.18. The number of nitrogens with zero attached hydrogens (tertiary/aromatic N) is 2. The summed E-state index contributed by atoms with van der Waals surface area (Å²) in [6, 6.07) is 10.2. The smallest absolute Gasteiger partial charge is 0.101 e. The Labute approximate surface area is 103 Å². The highest BCUT2D eigenvalue weighted by atomic mass is 15.2. The zero-order chi connectivity index (χ0) is 12.5. The molecule has 0 saturated carbocycles. The molecular weight excluding hydrogens is 210 g/mol. The number of rotatable bonds is 1. The number of nitrogens with two attached hydrogens (primary N) is 1. The Kier molecular flexibility index (Phi) is 3.08. The standard InChI is InChI=1S/C14H19N3/c1-14(2)13(16)8-5-9-17(14)12-7-4-3-6-11(12)10-15/h3-4,6-7,13H,5,8-9,16H2,1-2H3. The van der Waals surface area contributed by atoms with Gasteiger partial charge in [-0.25, -0.2) is 0 Å². The molecule has 1 aromatic carbocycles. The normalized spacial score (nSPS) is 23.2. The Hall–Kier alpha value is -1.53. The summed E-state index contributed by atoms with van der Waals surface area (Å²) in [6.07, 6.45) is 2.14. The zero-order valence-corrected chi connectivity index (χ0v) is 10.5. The first kappa shape index (κ1) is 11.9. The van der Waals surface area contributed by atoms with Crippen molar-refractivity contribution >= 4 is 5.69 Å². The van der Waals surface area contributed by atoms with E-state index in [9.17, 15) is 5.26 Å². The first-order valence-electron chi connectivity index (χ1n) is 6.09. The number of piperidine rings is 1. The Morgan fingerprint density at radius 1 is 1.41 bits per heavy atom. The van der Waals surface area contributed by atoms with Crippen molar-refractivity contribution in [2.75, 3.05) is 11.4 Å². The third-order valence-corrected chi connectivity index (χ3v) is 3.82. The predicted molar refractivity (Wildman–Crippen MR) is 69.8 cm³/mol. The second-order valence-corrected chi connectivity index (χ2v) is 5.18. The fourth-order valence-corrected chi connectivity index (χ4v) is 2.55. The topological polar surface area (TPSA) is 53.0 Å². The minimum atomic E-state index is -0.0921. The first-order valence-corrected chi connectivity index (χ1v) is 6.09. The van der Waals surface area contributed by atoms with E-state index < -0.39 is 0 Å². The van der Waals surface area contributed by atoms with E-state index in [0.717, 1.165) is 30.6 Å². The van der Waals surface area contributed by atoms with E-state index in [1.807, 2.05) is 24.3 Å². The van der Waals surface area contributed by atoms with Gasteiger partial charge in [0.2, 0.25) is 0 Å². The monoisotopic (exact) mass is 229 g/mol. The van der Waals surface area contributed by atoms with Crippen molar-refractivity contribution in [2.45, 2.75) is 38.3 Å². The lowest BCUT2D eigenvalue weighted by Crippen LogP contribution is -2.60. The molecule has 0 amide bonds. The van der Waals surface area contributed by atoms with E-state index in [2.05, 4.69) is 24.8 Å². The van der Waals surface area contributed by atoms with E-state index in [-0.39, 0.29) is 11.6 Å². The van der Waals surface area contributed by atoms with Gasteiger partial charge in [0.15, 0.2) is 0 Å². The van der Waals surface area contributed by atoms with Gasteiger partial charge < -0.3 is 10.6 Å². The third kappa shape index (κ3) is 2.01. The van der Waals surface area contributed by atoms with Crippen molar-refractivity contribution in [3.05, 3.63) is 29.8 Å². The molecule has 1 fully saturated rings. The Bertz CT molecular complexity index is 445. The molecule has 2 rings (SSSR count). The van der Waals surface area contributed by atoms with Crippen LogP contribution in [0.5, 0.6) is 0 Å². The van der Waals surface area contributed by atoms with Crippen LogP contribution in [-0.4, -0.2) is 18.1 Å². The summed E-state index contributed by atoms with van der Waals surface area (Å²) in [4.78, 5) is 2.28. The molecule has 0 bridgehead atoms. The van der Waals surface area contributed by atoms with Crippen LogP contribution in [0.1, 0.15) is 32.3 Å². The molecule has 3 heteroatoms. The Balaban J connectivity index is 2.42. The number of hydrogen-bond acceptors (Lipinski definition) is 3. The summed E-state index contributed by atoms with van der Waals surface area (Å²) in [7, 11) is 0. The van der Waals surface area contributed by atoms with Gasteiger partial charge in [0, 0.05) is 18.1 Å². The molecule has 1 heterocycles. The molecular formula is C14H19N3. The fraction of sp³-hybridized carbons (Fsp3) is 0.500. The van der Waals surface area contributed by atoms with Gasteiger partial charge in [-0.1, -0.05) is 12.1 Å². The van der Waals surface area contributed by atoms with Crippen LogP contribution in [-0.2, 0) is 0 Å². The number of nitriles is 1. The largest absolute Gasteiger partial charge is 0.364 e. The summed E-state index contributed by atoms with van der Waals surface area (Å²) >= 11 is 0. The van der Waals surface area contributed by atoms with Crippen LogP contribution in [0.15, 0.2) is 24.3 Å². The first-order chi connectivity index (χ1) is 8.07.